The molecule has 12 heavy (non-hydrogen) atoms. The highest BCUT2D eigenvalue weighted by Crippen LogP contribution is 2.38. The second kappa shape index (κ2) is 3.04. The fraction of sp³-hybridized carbons (Fsp3) is 0.727. The number of allylic oxidation sites excluding steroid dienone is 2. The average Bonchev–Trinajstić information content (AvgIpc) is 2.04. The molecule has 0 N–H and O–H groups in total. The molecule has 1 heteroatoms. The molecule has 66 valence electrons. The van der Waals surface area contributed by atoms with Gasteiger partial charge in [0.15, 0.2) is 5.78 Å². The van der Waals surface area contributed by atoms with E-state index >= 15 is 0 Å². The van der Waals surface area contributed by atoms with E-state index in [1.54, 1.807) is 0 Å². The first-order chi connectivity index (χ1) is 5.77. The normalized spacial score (nSPS) is 35.8. The summed E-state index contributed by atoms with van der Waals surface area (Å²) >= 11 is 0. The Labute approximate surface area is 73.8 Å². The van der Waals surface area contributed by atoms with Gasteiger partial charge in [0.25, 0.3) is 0 Å². The first-order valence-corrected chi connectivity index (χ1v) is 5.00. The van der Waals surface area contributed by atoms with Crippen LogP contribution in [-0.4, -0.2) is 5.78 Å². The highest BCUT2D eigenvalue weighted by molar-refractivity contribution is 5.91. The number of carbonyl (C=O) groups is 1. The van der Waals surface area contributed by atoms with Crippen molar-refractivity contribution in [2.45, 2.75) is 39.0 Å². The van der Waals surface area contributed by atoms with Crippen LogP contribution in [0, 0.1) is 11.8 Å². The molecule has 2 aliphatic rings. The summed E-state index contributed by atoms with van der Waals surface area (Å²) in [6.07, 6.45) is 7.86. The first kappa shape index (κ1) is 8.03. The monoisotopic (exact) mass is 164 g/mol. The number of fused-ring (bicyclic) bond motifs is 1. The molecule has 0 aromatic heterocycles. The smallest absolute Gasteiger partial charge is 0.155 e. The SMILES string of the molecule is CC1CC(=O)C=C2CCCCC21. The van der Waals surface area contributed by atoms with E-state index in [9.17, 15) is 4.79 Å². The fourth-order valence-electron chi connectivity index (χ4n) is 2.62. The van der Waals surface area contributed by atoms with Crippen molar-refractivity contribution >= 4 is 5.78 Å². The van der Waals surface area contributed by atoms with Crippen molar-refractivity contribution in [2.75, 3.05) is 0 Å². The lowest BCUT2D eigenvalue weighted by Crippen LogP contribution is -2.25. The van der Waals surface area contributed by atoms with Gasteiger partial charge in [0.05, 0.1) is 0 Å². The zero-order valence-electron chi connectivity index (χ0n) is 7.68. The molecule has 0 aliphatic heterocycles. The minimum Gasteiger partial charge on any atom is -0.295 e. The molecule has 2 aliphatic carbocycles. The van der Waals surface area contributed by atoms with Crippen LogP contribution in [0.15, 0.2) is 11.6 Å². The van der Waals surface area contributed by atoms with Crippen LogP contribution < -0.4 is 0 Å². The molecule has 2 unspecified atom stereocenters. The predicted molar refractivity (Wildman–Crippen MR) is 48.8 cm³/mol. The molecule has 0 saturated heterocycles. The lowest BCUT2D eigenvalue weighted by atomic mass is 9.72. The second-order valence-electron chi connectivity index (χ2n) is 4.22. The maximum atomic E-state index is 11.3. The van der Waals surface area contributed by atoms with Gasteiger partial charge in [0.2, 0.25) is 0 Å². The molecule has 0 spiro atoms. The minimum atomic E-state index is 0.357. The Morgan fingerprint density at radius 3 is 3.08 bits per heavy atom. The molecule has 0 aromatic carbocycles. The molecule has 2 atom stereocenters. The Kier molecular flexibility index (Phi) is 2.03. The Morgan fingerprint density at radius 1 is 1.42 bits per heavy atom. The van der Waals surface area contributed by atoms with E-state index < -0.39 is 0 Å². The zero-order valence-corrected chi connectivity index (χ0v) is 7.68. The minimum absolute atomic E-state index is 0.357. The summed E-state index contributed by atoms with van der Waals surface area (Å²) in [6.45, 7) is 2.22. The third-order valence-electron chi connectivity index (χ3n) is 3.26. The van der Waals surface area contributed by atoms with Crippen LogP contribution in [0.3, 0.4) is 0 Å². The molecule has 0 bridgehead atoms. The summed E-state index contributed by atoms with van der Waals surface area (Å²) in [6, 6.07) is 0. The lowest BCUT2D eigenvalue weighted by Gasteiger charge is -2.33. The van der Waals surface area contributed by atoms with Gasteiger partial charge in [-0.25, -0.2) is 0 Å². The largest absolute Gasteiger partial charge is 0.295 e. The Bertz CT molecular complexity index is 227. The van der Waals surface area contributed by atoms with Crippen LogP contribution in [0.5, 0.6) is 0 Å². The van der Waals surface area contributed by atoms with Gasteiger partial charge in [-0.2, -0.15) is 0 Å². The van der Waals surface area contributed by atoms with Crippen molar-refractivity contribution in [1.82, 2.24) is 0 Å². The first-order valence-electron chi connectivity index (χ1n) is 5.00. The molecule has 2 rings (SSSR count). The summed E-state index contributed by atoms with van der Waals surface area (Å²) in [4.78, 5) is 11.3. The molecule has 0 heterocycles. The zero-order chi connectivity index (χ0) is 8.55. The number of carbonyl (C=O) groups excluding carboxylic acids is 1. The van der Waals surface area contributed by atoms with Crippen molar-refractivity contribution in [2.24, 2.45) is 11.8 Å². The maximum absolute atomic E-state index is 11.3. The third-order valence-corrected chi connectivity index (χ3v) is 3.26. The topological polar surface area (TPSA) is 17.1 Å². The predicted octanol–water partition coefficient (Wildman–Crippen LogP) is 2.71. The molecule has 0 radical (unpaired) electrons. The molecular formula is C11H16O. The van der Waals surface area contributed by atoms with E-state index in [1.807, 2.05) is 6.08 Å². The number of ketones is 1. The van der Waals surface area contributed by atoms with Gasteiger partial charge in [0.1, 0.15) is 0 Å². The van der Waals surface area contributed by atoms with Gasteiger partial charge in [-0.1, -0.05) is 18.9 Å². The van der Waals surface area contributed by atoms with E-state index in [2.05, 4.69) is 6.92 Å². The lowest BCUT2D eigenvalue weighted by molar-refractivity contribution is -0.116. The summed E-state index contributed by atoms with van der Waals surface area (Å²) < 4.78 is 0. The van der Waals surface area contributed by atoms with Crippen LogP contribution in [0.25, 0.3) is 0 Å². The van der Waals surface area contributed by atoms with Gasteiger partial charge in [-0.05, 0) is 37.2 Å². The Morgan fingerprint density at radius 2 is 2.25 bits per heavy atom. The van der Waals surface area contributed by atoms with Crippen LogP contribution in [0.4, 0.5) is 0 Å². The van der Waals surface area contributed by atoms with Gasteiger partial charge in [-0.15, -0.1) is 0 Å². The van der Waals surface area contributed by atoms with Gasteiger partial charge in [0, 0.05) is 6.42 Å². The van der Waals surface area contributed by atoms with Crippen LogP contribution in [0.1, 0.15) is 39.0 Å². The average molecular weight is 164 g/mol. The van der Waals surface area contributed by atoms with E-state index in [0.29, 0.717) is 11.7 Å². The molecular weight excluding hydrogens is 148 g/mol. The molecule has 1 nitrogen and oxygen atoms in total. The fourth-order valence-corrected chi connectivity index (χ4v) is 2.62. The number of hydrogen-bond donors (Lipinski definition) is 0. The van der Waals surface area contributed by atoms with Gasteiger partial charge >= 0.3 is 0 Å². The summed E-state index contributed by atoms with van der Waals surface area (Å²) in [5, 5.41) is 0. The molecule has 0 amide bonds. The standard InChI is InChI=1S/C11H16O/c1-8-6-10(12)7-9-4-2-3-5-11(8)9/h7-8,11H,2-6H2,1H3. The Hall–Kier alpha value is -0.590. The van der Waals surface area contributed by atoms with Crippen molar-refractivity contribution in [3.63, 3.8) is 0 Å². The van der Waals surface area contributed by atoms with Crippen LogP contribution in [0.2, 0.25) is 0 Å². The van der Waals surface area contributed by atoms with E-state index in [0.717, 1.165) is 12.3 Å². The maximum Gasteiger partial charge on any atom is 0.155 e. The second-order valence-corrected chi connectivity index (χ2v) is 4.22. The van der Waals surface area contributed by atoms with Crippen molar-refractivity contribution in [3.8, 4) is 0 Å². The van der Waals surface area contributed by atoms with Crippen molar-refractivity contribution < 1.29 is 4.79 Å². The van der Waals surface area contributed by atoms with E-state index in [-0.39, 0.29) is 0 Å². The quantitative estimate of drug-likeness (QED) is 0.538. The molecule has 1 fully saturated rings. The molecule has 0 aromatic rings. The van der Waals surface area contributed by atoms with Crippen molar-refractivity contribution in [3.05, 3.63) is 11.6 Å². The number of rotatable bonds is 0. The van der Waals surface area contributed by atoms with E-state index in [1.165, 1.54) is 31.3 Å². The third kappa shape index (κ3) is 1.33. The van der Waals surface area contributed by atoms with Crippen molar-refractivity contribution in [1.29, 1.82) is 0 Å². The van der Waals surface area contributed by atoms with Crippen LogP contribution in [-0.2, 0) is 4.79 Å². The Balaban J connectivity index is 2.22. The molecule has 1 saturated carbocycles. The highest BCUT2D eigenvalue weighted by atomic mass is 16.1. The highest BCUT2D eigenvalue weighted by Gasteiger charge is 2.29. The van der Waals surface area contributed by atoms with Gasteiger partial charge < -0.3 is 0 Å². The van der Waals surface area contributed by atoms with Crippen LogP contribution >= 0.6 is 0 Å². The number of hydrogen-bond acceptors (Lipinski definition) is 1. The summed E-state index contributed by atoms with van der Waals surface area (Å²) in [7, 11) is 0. The van der Waals surface area contributed by atoms with E-state index in [4.69, 9.17) is 0 Å². The summed E-state index contributed by atoms with van der Waals surface area (Å²) in [5.74, 6) is 1.71. The van der Waals surface area contributed by atoms with Gasteiger partial charge in [-0.3, -0.25) is 4.79 Å². The summed E-state index contributed by atoms with van der Waals surface area (Å²) in [5.41, 5.74) is 1.45.